The number of guanidine groups is 1. The van der Waals surface area contributed by atoms with Crippen molar-refractivity contribution in [1.82, 2.24) is 10.6 Å². The van der Waals surface area contributed by atoms with Gasteiger partial charge in [-0.05, 0) is 25.3 Å². The van der Waals surface area contributed by atoms with Crippen LogP contribution in [0.25, 0.3) is 0 Å². The van der Waals surface area contributed by atoms with Gasteiger partial charge in [0.15, 0.2) is 5.96 Å². The number of nitrogens with zero attached hydrogens (tertiary/aromatic N) is 2. The van der Waals surface area contributed by atoms with Gasteiger partial charge < -0.3 is 10.6 Å². The molecule has 0 saturated heterocycles. The Hall–Kier alpha value is -2.16. The average Bonchev–Trinajstić information content (AvgIpc) is 3.46. The van der Waals surface area contributed by atoms with Crippen LogP contribution in [-0.2, 0) is 12.0 Å². The Morgan fingerprint density at radius 1 is 1.11 bits per heavy atom. The molecule has 6 nitrogen and oxygen atoms in total. The van der Waals surface area contributed by atoms with E-state index in [9.17, 15) is 10.1 Å². The lowest BCUT2D eigenvalue weighted by molar-refractivity contribution is -0.385. The summed E-state index contributed by atoms with van der Waals surface area (Å²) in [6, 6.07) is 17.3. The van der Waals surface area contributed by atoms with Crippen LogP contribution in [0.15, 0.2) is 59.6 Å². The highest BCUT2D eigenvalue weighted by atomic mass is 127. The molecule has 0 unspecified atom stereocenters. The van der Waals surface area contributed by atoms with Crippen molar-refractivity contribution in [2.45, 2.75) is 31.7 Å². The van der Waals surface area contributed by atoms with E-state index >= 15 is 0 Å². The summed E-state index contributed by atoms with van der Waals surface area (Å²) >= 11 is 0. The van der Waals surface area contributed by atoms with Gasteiger partial charge in [-0.3, -0.25) is 10.1 Å². The maximum Gasteiger partial charge on any atom is 0.274 e. The Kier molecular flexibility index (Phi) is 7.58. The molecule has 0 bridgehead atoms. The number of nitro groups is 1. The van der Waals surface area contributed by atoms with E-state index in [0.29, 0.717) is 11.5 Å². The second-order valence-corrected chi connectivity index (χ2v) is 6.58. The summed E-state index contributed by atoms with van der Waals surface area (Å²) in [6.07, 6.45) is 2.32. The molecule has 27 heavy (non-hydrogen) atoms. The lowest BCUT2D eigenvalue weighted by atomic mass is 9.96. The van der Waals surface area contributed by atoms with Crippen LogP contribution in [0.3, 0.4) is 0 Å². The minimum Gasteiger partial charge on any atom is -0.357 e. The maximum atomic E-state index is 11.1. The molecule has 1 saturated carbocycles. The van der Waals surface area contributed by atoms with Gasteiger partial charge in [0.1, 0.15) is 0 Å². The number of nitrogens with one attached hydrogen (secondary N) is 2. The predicted octanol–water partition coefficient (Wildman–Crippen LogP) is 4.00. The quantitative estimate of drug-likeness (QED) is 0.207. The molecule has 1 aliphatic carbocycles. The van der Waals surface area contributed by atoms with E-state index in [1.165, 1.54) is 11.6 Å². The van der Waals surface area contributed by atoms with Crippen molar-refractivity contribution in [1.29, 1.82) is 0 Å². The van der Waals surface area contributed by atoms with Crippen molar-refractivity contribution in [3.05, 3.63) is 75.8 Å². The monoisotopic (exact) mass is 480 g/mol. The average molecular weight is 480 g/mol. The zero-order valence-electron chi connectivity index (χ0n) is 15.4. The molecule has 0 aromatic heterocycles. The normalized spacial score (nSPS) is 14.8. The molecule has 1 fully saturated rings. The summed E-state index contributed by atoms with van der Waals surface area (Å²) in [5.41, 5.74) is 2.24. The third-order valence-electron chi connectivity index (χ3n) is 4.77. The highest BCUT2D eigenvalue weighted by Gasteiger charge is 2.43. The first-order chi connectivity index (χ1) is 12.6. The Morgan fingerprint density at radius 2 is 1.78 bits per heavy atom. The zero-order chi connectivity index (χ0) is 18.4. The smallest absolute Gasteiger partial charge is 0.274 e. The summed E-state index contributed by atoms with van der Waals surface area (Å²) in [5, 5.41) is 17.8. The van der Waals surface area contributed by atoms with E-state index in [-0.39, 0.29) is 46.5 Å². The molecule has 0 amide bonds. The number of hydrogen-bond donors (Lipinski definition) is 2. The maximum absolute atomic E-state index is 11.1. The van der Waals surface area contributed by atoms with Gasteiger partial charge in [-0.25, -0.2) is 4.99 Å². The number of aliphatic imine (C=N–C) groups is 1. The topological polar surface area (TPSA) is 79.6 Å². The summed E-state index contributed by atoms with van der Waals surface area (Å²) in [5.74, 6) is 0.688. The van der Waals surface area contributed by atoms with Crippen molar-refractivity contribution >= 4 is 35.6 Å². The molecule has 0 aliphatic heterocycles. The summed E-state index contributed by atoms with van der Waals surface area (Å²) in [6.45, 7) is 3.82. The molecule has 3 rings (SSSR count). The first-order valence-corrected chi connectivity index (χ1v) is 8.95. The molecular weight excluding hydrogens is 455 g/mol. The fourth-order valence-electron chi connectivity index (χ4n) is 3.09. The van der Waals surface area contributed by atoms with Crippen LogP contribution in [-0.4, -0.2) is 24.0 Å². The van der Waals surface area contributed by atoms with Gasteiger partial charge in [0, 0.05) is 24.6 Å². The Labute approximate surface area is 176 Å². The number of hydrogen-bond acceptors (Lipinski definition) is 3. The molecule has 2 aromatic rings. The van der Waals surface area contributed by atoms with E-state index in [4.69, 9.17) is 0 Å². The van der Waals surface area contributed by atoms with Gasteiger partial charge in [0.2, 0.25) is 0 Å². The fraction of sp³-hybridized carbons (Fsp3) is 0.350. The van der Waals surface area contributed by atoms with E-state index in [1.54, 1.807) is 18.2 Å². The van der Waals surface area contributed by atoms with E-state index in [0.717, 1.165) is 25.9 Å². The number of halogens is 1. The molecule has 144 valence electrons. The molecule has 2 N–H and O–H groups in total. The van der Waals surface area contributed by atoms with Crippen molar-refractivity contribution in [3.8, 4) is 0 Å². The van der Waals surface area contributed by atoms with Gasteiger partial charge in [-0.15, -0.1) is 24.0 Å². The Morgan fingerprint density at radius 3 is 2.41 bits per heavy atom. The second kappa shape index (κ2) is 9.68. The lowest BCUT2D eigenvalue weighted by Gasteiger charge is -2.19. The van der Waals surface area contributed by atoms with Crippen molar-refractivity contribution < 1.29 is 4.92 Å². The molecule has 0 radical (unpaired) electrons. The number of rotatable bonds is 7. The Balaban J connectivity index is 0.00000261. The van der Waals surface area contributed by atoms with Crippen molar-refractivity contribution in [2.75, 3.05) is 13.1 Å². The second-order valence-electron chi connectivity index (χ2n) is 6.58. The van der Waals surface area contributed by atoms with Gasteiger partial charge in [-0.1, -0.05) is 48.5 Å². The molecule has 1 aliphatic rings. The minimum absolute atomic E-state index is 0. The van der Waals surface area contributed by atoms with Crippen molar-refractivity contribution in [3.63, 3.8) is 0 Å². The van der Waals surface area contributed by atoms with Crippen LogP contribution in [0.2, 0.25) is 0 Å². The van der Waals surface area contributed by atoms with Crippen LogP contribution in [0.4, 0.5) is 5.69 Å². The standard InChI is InChI=1S/C20H24N4O2.HI/c1-2-21-19(22-14-16-8-6-7-11-18(16)24(25)26)23-15-20(12-13-20)17-9-4-3-5-10-17;/h3-11H,2,12-15H2,1H3,(H2,21,22,23);1H. The van der Waals surface area contributed by atoms with Crippen LogP contribution in [0.1, 0.15) is 30.9 Å². The van der Waals surface area contributed by atoms with Crippen LogP contribution in [0, 0.1) is 10.1 Å². The fourth-order valence-corrected chi connectivity index (χ4v) is 3.09. The van der Waals surface area contributed by atoms with E-state index in [2.05, 4.69) is 39.9 Å². The van der Waals surface area contributed by atoms with Gasteiger partial charge in [0.25, 0.3) is 5.69 Å². The number of nitro benzene ring substituents is 1. The van der Waals surface area contributed by atoms with Crippen LogP contribution in [0.5, 0.6) is 0 Å². The van der Waals surface area contributed by atoms with Gasteiger partial charge in [0.05, 0.1) is 17.0 Å². The SMILES string of the molecule is CCNC(=NCc1ccccc1[N+](=O)[O-])NCC1(c2ccccc2)CC1.I. The first kappa shape index (κ1) is 21.1. The Bertz CT molecular complexity index is 792. The third kappa shape index (κ3) is 5.41. The zero-order valence-corrected chi connectivity index (χ0v) is 17.7. The first-order valence-electron chi connectivity index (χ1n) is 8.95. The third-order valence-corrected chi connectivity index (χ3v) is 4.77. The molecule has 7 heteroatoms. The predicted molar refractivity (Wildman–Crippen MR) is 119 cm³/mol. The molecule has 0 heterocycles. The molecule has 2 aromatic carbocycles. The highest BCUT2D eigenvalue weighted by molar-refractivity contribution is 14.0. The summed E-state index contributed by atoms with van der Waals surface area (Å²) in [7, 11) is 0. The van der Waals surface area contributed by atoms with Gasteiger partial charge in [-0.2, -0.15) is 0 Å². The number of benzene rings is 2. The molecule has 0 atom stereocenters. The summed E-state index contributed by atoms with van der Waals surface area (Å²) in [4.78, 5) is 15.3. The molecule has 0 spiro atoms. The molecular formula is C20H25IN4O2. The van der Waals surface area contributed by atoms with Crippen LogP contribution < -0.4 is 10.6 Å². The number of para-hydroxylation sites is 1. The van der Waals surface area contributed by atoms with Crippen LogP contribution >= 0.6 is 24.0 Å². The lowest BCUT2D eigenvalue weighted by Crippen LogP contribution is -2.41. The van der Waals surface area contributed by atoms with E-state index < -0.39 is 0 Å². The largest absolute Gasteiger partial charge is 0.357 e. The minimum atomic E-state index is -0.361. The van der Waals surface area contributed by atoms with Gasteiger partial charge >= 0.3 is 0 Å². The van der Waals surface area contributed by atoms with Crippen molar-refractivity contribution in [2.24, 2.45) is 4.99 Å². The highest BCUT2D eigenvalue weighted by Crippen LogP contribution is 2.47. The van der Waals surface area contributed by atoms with E-state index in [1.807, 2.05) is 13.0 Å². The summed E-state index contributed by atoms with van der Waals surface area (Å²) < 4.78 is 0.